The van der Waals surface area contributed by atoms with Gasteiger partial charge in [0.15, 0.2) is 11.2 Å². The number of hydrogen-bond donors (Lipinski definition) is 3. The number of rotatable bonds is 6. The molecule has 8 heteroatoms. The van der Waals surface area contributed by atoms with Gasteiger partial charge in [0.1, 0.15) is 6.61 Å². The molecule has 2 aromatic heterocycles. The molecule has 0 spiro atoms. The molecule has 0 bridgehead atoms. The molecule has 1 unspecified atom stereocenters. The monoisotopic (exact) mass is 355 g/mol. The molecule has 1 aliphatic carbocycles. The van der Waals surface area contributed by atoms with E-state index in [0.717, 1.165) is 12.0 Å². The molecule has 136 valence electrons. The Balaban J connectivity index is 1.63. The van der Waals surface area contributed by atoms with Gasteiger partial charge in [-0.1, -0.05) is 30.3 Å². The summed E-state index contributed by atoms with van der Waals surface area (Å²) in [5, 5.41) is 19.0. The number of anilines is 1. The molecule has 1 fully saturated rings. The minimum Gasteiger partial charge on any atom is -0.471 e. The zero-order valence-electron chi connectivity index (χ0n) is 14.2. The first kappa shape index (κ1) is 16.7. The fourth-order valence-electron chi connectivity index (χ4n) is 3.55. The van der Waals surface area contributed by atoms with E-state index in [1.807, 2.05) is 34.9 Å². The van der Waals surface area contributed by atoms with E-state index in [2.05, 4.69) is 15.0 Å². The lowest BCUT2D eigenvalue weighted by molar-refractivity contribution is -0.00528. The van der Waals surface area contributed by atoms with Crippen LogP contribution in [0.1, 0.15) is 18.0 Å². The minimum absolute atomic E-state index is 0.00744. The molecule has 3 atom stereocenters. The van der Waals surface area contributed by atoms with E-state index in [0.29, 0.717) is 23.7 Å². The zero-order valence-corrected chi connectivity index (χ0v) is 14.2. The molecular weight excluding hydrogens is 334 g/mol. The van der Waals surface area contributed by atoms with Crippen molar-refractivity contribution in [3.8, 4) is 5.88 Å². The average molecular weight is 355 g/mol. The van der Waals surface area contributed by atoms with Gasteiger partial charge in [-0.2, -0.15) is 9.97 Å². The lowest BCUT2D eigenvalue weighted by Gasteiger charge is -2.43. The number of aliphatic hydroxyl groups is 2. The standard InChI is InChI=1S/C18H21N5O3/c19-18-21-16-15(17(22-18)26-9-11-4-2-1-3-5-11)20-10-23(16)14-6-12(7-24)13(14)8-25/h1-5,10,12-14,24-25H,6-9H2,(H2,19,21,22)/t12-,13+,14?/m1/s1. The van der Waals surface area contributed by atoms with Crippen LogP contribution in [0.5, 0.6) is 5.88 Å². The number of ether oxygens (including phenoxy) is 1. The Labute approximate surface area is 150 Å². The van der Waals surface area contributed by atoms with Gasteiger partial charge in [0.25, 0.3) is 0 Å². The Hall–Kier alpha value is -2.71. The molecule has 3 aromatic rings. The number of nitrogen functional groups attached to an aromatic ring is 1. The topological polar surface area (TPSA) is 119 Å². The highest BCUT2D eigenvalue weighted by atomic mass is 16.5. The van der Waals surface area contributed by atoms with Crippen LogP contribution in [0.25, 0.3) is 11.2 Å². The third kappa shape index (κ3) is 2.87. The summed E-state index contributed by atoms with van der Waals surface area (Å²) in [4.78, 5) is 12.9. The van der Waals surface area contributed by atoms with Gasteiger partial charge in [0, 0.05) is 25.2 Å². The first-order chi connectivity index (χ1) is 12.7. The predicted octanol–water partition coefficient (Wildman–Crippen LogP) is 1.15. The summed E-state index contributed by atoms with van der Waals surface area (Å²) in [7, 11) is 0. The molecule has 0 aliphatic heterocycles. The van der Waals surface area contributed by atoms with Crippen LogP contribution in [-0.2, 0) is 6.61 Å². The molecule has 2 heterocycles. The van der Waals surface area contributed by atoms with Crippen molar-refractivity contribution in [2.45, 2.75) is 19.1 Å². The Bertz CT molecular complexity index is 898. The second-order valence-electron chi connectivity index (χ2n) is 6.58. The van der Waals surface area contributed by atoms with E-state index in [-0.39, 0.29) is 37.0 Å². The van der Waals surface area contributed by atoms with Crippen molar-refractivity contribution in [2.24, 2.45) is 11.8 Å². The van der Waals surface area contributed by atoms with E-state index in [1.165, 1.54) is 0 Å². The van der Waals surface area contributed by atoms with Crippen LogP contribution in [-0.4, -0.2) is 42.9 Å². The molecular formula is C18H21N5O3. The molecule has 0 saturated heterocycles. The third-order valence-corrected chi connectivity index (χ3v) is 5.07. The number of fused-ring (bicyclic) bond motifs is 1. The minimum atomic E-state index is -0.0257. The van der Waals surface area contributed by atoms with Crippen LogP contribution >= 0.6 is 0 Å². The molecule has 4 N–H and O–H groups in total. The lowest BCUT2D eigenvalue weighted by Crippen LogP contribution is -2.42. The van der Waals surface area contributed by atoms with Gasteiger partial charge >= 0.3 is 0 Å². The van der Waals surface area contributed by atoms with E-state index in [4.69, 9.17) is 10.5 Å². The highest BCUT2D eigenvalue weighted by molar-refractivity contribution is 5.77. The Morgan fingerprint density at radius 1 is 1.15 bits per heavy atom. The molecule has 26 heavy (non-hydrogen) atoms. The maximum Gasteiger partial charge on any atom is 0.247 e. The fraction of sp³-hybridized carbons (Fsp3) is 0.389. The van der Waals surface area contributed by atoms with Crippen LogP contribution in [0.4, 0.5) is 5.95 Å². The highest BCUT2D eigenvalue weighted by Gasteiger charge is 2.42. The van der Waals surface area contributed by atoms with Crippen LogP contribution in [0, 0.1) is 11.8 Å². The van der Waals surface area contributed by atoms with Crippen molar-refractivity contribution in [1.29, 1.82) is 0 Å². The Kier molecular flexibility index (Phi) is 4.44. The van der Waals surface area contributed by atoms with Gasteiger partial charge in [0.05, 0.1) is 6.33 Å². The van der Waals surface area contributed by atoms with Crippen molar-refractivity contribution in [1.82, 2.24) is 19.5 Å². The van der Waals surface area contributed by atoms with Crippen molar-refractivity contribution in [2.75, 3.05) is 18.9 Å². The molecule has 0 radical (unpaired) electrons. The number of nitrogens with zero attached hydrogens (tertiary/aromatic N) is 4. The van der Waals surface area contributed by atoms with E-state index in [9.17, 15) is 10.2 Å². The fourth-order valence-corrected chi connectivity index (χ4v) is 3.55. The summed E-state index contributed by atoms with van der Waals surface area (Å²) in [5.74, 6) is 0.521. The largest absolute Gasteiger partial charge is 0.471 e. The Morgan fingerprint density at radius 3 is 2.69 bits per heavy atom. The lowest BCUT2D eigenvalue weighted by atomic mass is 9.70. The highest BCUT2D eigenvalue weighted by Crippen LogP contribution is 2.44. The van der Waals surface area contributed by atoms with Crippen LogP contribution < -0.4 is 10.5 Å². The van der Waals surface area contributed by atoms with Crippen molar-refractivity contribution in [3.05, 3.63) is 42.2 Å². The summed E-state index contributed by atoms with van der Waals surface area (Å²) in [6.45, 7) is 0.430. The maximum atomic E-state index is 9.62. The number of aliphatic hydroxyl groups excluding tert-OH is 2. The zero-order chi connectivity index (χ0) is 18.1. The molecule has 1 aromatic carbocycles. The van der Waals surface area contributed by atoms with Gasteiger partial charge in [0.2, 0.25) is 11.8 Å². The first-order valence-corrected chi connectivity index (χ1v) is 8.59. The second-order valence-corrected chi connectivity index (χ2v) is 6.58. The van der Waals surface area contributed by atoms with Gasteiger partial charge in [-0.3, -0.25) is 0 Å². The summed E-state index contributed by atoms with van der Waals surface area (Å²) in [6.07, 6.45) is 2.44. The number of nitrogens with two attached hydrogens (primary N) is 1. The molecule has 8 nitrogen and oxygen atoms in total. The molecule has 1 aliphatic rings. The van der Waals surface area contributed by atoms with E-state index >= 15 is 0 Å². The van der Waals surface area contributed by atoms with E-state index < -0.39 is 0 Å². The summed E-state index contributed by atoms with van der Waals surface area (Å²) >= 11 is 0. The maximum absolute atomic E-state index is 9.62. The van der Waals surface area contributed by atoms with Crippen LogP contribution in [0.2, 0.25) is 0 Å². The third-order valence-electron chi connectivity index (χ3n) is 5.07. The smallest absolute Gasteiger partial charge is 0.247 e. The van der Waals surface area contributed by atoms with Crippen LogP contribution in [0.15, 0.2) is 36.7 Å². The molecule has 4 rings (SSSR count). The van der Waals surface area contributed by atoms with Gasteiger partial charge in [-0.15, -0.1) is 0 Å². The summed E-state index contributed by atoms with van der Waals surface area (Å²) in [6, 6.07) is 9.80. The predicted molar refractivity (Wildman–Crippen MR) is 95.3 cm³/mol. The second kappa shape index (κ2) is 6.89. The normalized spacial score (nSPS) is 22.3. The van der Waals surface area contributed by atoms with Crippen molar-refractivity contribution < 1.29 is 14.9 Å². The number of benzene rings is 1. The number of imidazole rings is 1. The number of hydrogen-bond acceptors (Lipinski definition) is 7. The van der Waals surface area contributed by atoms with Crippen LogP contribution in [0.3, 0.4) is 0 Å². The van der Waals surface area contributed by atoms with Gasteiger partial charge in [-0.25, -0.2) is 4.98 Å². The summed E-state index contributed by atoms with van der Waals surface area (Å²) in [5.41, 5.74) is 8.01. The quantitative estimate of drug-likeness (QED) is 0.607. The first-order valence-electron chi connectivity index (χ1n) is 8.59. The Morgan fingerprint density at radius 2 is 1.96 bits per heavy atom. The number of aromatic nitrogens is 4. The molecule has 1 saturated carbocycles. The molecule has 0 amide bonds. The SMILES string of the molecule is Nc1nc(OCc2ccccc2)c2ncn(C3C[C@H](CO)[C@@H]3CO)c2n1. The summed E-state index contributed by atoms with van der Waals surface area (Å²) < 4.78 is 7.73. The van der Waals surface area contributed by atoms with E-state index in [1.54, 1.807) is 6.33 Å². The van der Waals surface area contributed by atoms with Gasteiger partial charge < -0.3 is 25.3 Å². The average Bonchev–Trinajstić information content (AvgIpc) is 3.04. The van der Waals surface area contributed by atoms with Gasteiger partial charge in [-0.05, 0) is 17.9 Å². The van der Waals surface area contributed by atoms with Crippen molar-refractivity contribution >= 4 is 17.1 Å². The van der Waals surface area contributed by atoms with Crippen molar-refractivity contribution in [3.63, 3.8) is 0 Å².